The lowest BCUT2D eigenvalue weighted by Gasteiger charge is -2.08. The van der Waals surface area contributed by atoms with Crippen LogP contribution in [0, 0.1) is 6.92 Å². The van der Waals surface area contributed by atoms with Gasteiger partial charge in [0.1, 0.15) is 6.54 Å². The second-order valence-corrected chi connectivity index (χ2v) is 3.89. The van der Waals surface area contributed by atoms with E-state index in [1.165, 1.54) is 0 Å². The summed E-state index contributed by atoms with van der Waals surface area (Å²) in [5.74, 6) is -0.142. The molecule has 0 aliphatic heterocycles. The number of rotatable bonds is 4. The Morgan fingerprint density at radius 3 is 2.94 bits per heavy atom. The fourth-order valence-electron chi connectivity index (χ4n) is 1.89. The highest BCUT2D eigenvalue weighted by molar-refractivity contribution is 5.84. The van der Waals surface area contributed by atoms with Gasteiger partial charge >= 0.3 is 0 Å². The highest BCUT2D eigenvalue weighted by Crippen LogP contribution is 2.18. The van der Waals surface area contributed by atoms with Gasteiger partial charge in [-0.15, -0.1) is 0 Å². The molecule has 2 aromatic rings. The van der Waals surface area contributed by atoms with Gasteiger partial charge in [-0.3, -0.25) is 9.63 Å². The molecule has 0 unspecified atom stereocenters. The summed E-state index contributed by atoms with van der Waals surface area (Å²) in [5.41, 5.74) is 4.54. The lowest BCUT2D eigenvalue weighted by molar-refractivity contribution is -0.133. The Morgan fingerprint density at radius 1 is 1.41 bits per heavy atom. The van der Waals surface area contributed by atoms with E-state index in [9.17, 15) is 4.79 Å². The highest BCUT2D eigenvalue weighted by atomic mass is 16.6. The number of para-hydroxylation sites is 1. The Balaban J connectivity index is 2.23. The van der Waals surface area contributed by atoms with Crippen LogP contribution in [-0.2, 0) is 16.2 Å². The van der Waals surface area contributed by atoms with Crippen LogP contribution >= 0.6 is 0 Å². The first-order valence-electron chi connectivity index (χ1n) is 5.68. The van der Waals surface area contributed by atoms with Gasteiger partial charge < -0.3 is 4.57 Å². The fraction of sp³-hybridized carbons (Fsp3) is 0.308. The number of aryl methyl sites for hydroxylation is 1. The molecule has 4 nitrogen and oxygen atoms in total. The molecule has 1 aromatic heterocycles. The van der Waals surface area contributed by atoms with Crippen LogP contribution in [0.25, 0.3) is 10.9 Å². The van der Waals surface area contributed by atoms with Gasteiger partial charge in [-0.05, 0) is 31.4 Å². The zero-order chi connectivity index (χ0) is 12.3. The van der Waals surface area contributed by atoms with Crippen molar-refractivity contribution in [1.82, 2.24) is 10.0 Å². The van der Waals surface area contributed by atoms with Crippen molar-refractivity contribution >= 4 is 16.8 Å². The number of aromatic nitrogens is 1. The molecule has 1 N–H and O–H groups in total. The molecule has 0 atom stereocenters. The molecule has 0 bridgehead atoms. The molecule has 0 fully saturated rings. The van der Waals surface area contributed by atoms with Crippen molar-refractivity contribution in [2.75, 3.05) is 6.61 Å². The Bertz CT molecular complexity index is 531. The SMILES string of the molecule is CCONC(=O)Cn1c(C)cc2ccccc21. The van der Waals surface area contributed by atoms with Gasteiger partial charge in [0, 0.05) is 11.2 Å². The maximum Gasteiger partial charge on any atom is 0.263 e. The lowest BCUT2D eigenvalue weighted by atomic mass is 10.2. The Labute approximate surface area is 100 Å². The number of nitrogens with one attached hydrogen (secondary N) is 1. The highest BCUT2D eigenvalue weighted by Gasteiger charge is 2.08. The van der Waals surface area contributed by atoms with Crippen molar-refractivity contribution in [3.05, 3.63) is 36.0 Å². The van der Waals surface area contributed by atoms with Crippen molar-refractivity contribution in [2.45, 2.75) is 20.4 Å². The third-order valence-electron chi connectivity index (χ3n) is 2.65. The van der Waals surface area contributed by atoms with Gasteiger partial charge in [0.05, 0.1) is 6.61 Å². The van der Waals surface area contributed by atoms with Crippen LogP contribution in [0.1, 0.15) is 12.6 Å². The van der Waals surface area contributed by atoms with Gasteiger partial charge in [-0.25, -0.2) is 5.48 Å². The van der Waals surface area contributed by atoms with Gasteiger partial charge in [-0.2, -0.15) is 0 Å². The first-order chi connectivity index (χ1) is 8.22. The largest absolute Gasteiger partial charge is 0.335 e. The number of hydroxylamine groups is 1. The van der Waals surface area contributed by atoms with Crippen LogP contribution in [0.4, 0.5) is 0 Å². The molecule has 0 aliphatic rings. The van der Waals surface area contributed by atoms with Crippen molar-refractivity contribution in [3.8, 4) is 0 Å². The number of carbonyl (C=O) groups excluding carboxylic acids is 1. The van der Waals surface area contributed by atoms with Crippen LogP contribution in [-0.4, -0.2) is 17.1 Å². The quantitative estimate of drug-likeness (QED) is 0.819. The molecule has 0 radical (unpaired) electrons. The van der Waals surface area contributed by atoms with E-state index in [1.807, 2.05) is 42.7 Å². The molecule has 0 saturated heterocycles. The van der Waals surface area contributed by atoms with E-state index < -0.39 is 0 Å². The average molecular weight is 232 g/mol. The number of carbonyl (C=O) groups is 1. The third-order valence-corrected chi connectivity index (χ3v) is 2.65. The first-order valence-corrected chi connectivity index (χ1v) is 5.68. The van der Waals surface area contributed by atoms with Gasteiger partial charge in [0.15, 0.2) is 0 Å². The zero-order valence-electron chi connectivity index (χ0n) is 10.1. The molecule has 1 amide bonds. The van der Waals surface area contributed by atoms with Crippen LogP contribution in [0.15, 0.2) is 30.3 Å². The molecule has 17 heavy (non-hydrogen) atoms. The molecule has 90 valence electrons. The number of amides is 1. The van der Waals surface area contributed by atoms with Gasteiger partial charge in [-0.1, -0.05) is 18.2 Å². The minimum Gasteiger partial charge on any atom is -0.335 e. The molecule has 1 aromatic carbocycles. The van der Waals surface area contributed by atoms with Crippen LogP contribution in [0.3, 0.4) is 0 Å². The monoisotopic (exact) mass is 232 g/mol. The normalized spacial score (nSPS) is 10.7. The molecule has 4 heteroatoms. The van der Waals surface area contributed by atoms with Crippen LogP contribution in [0.2, 0.25) is 0 Å². The predicted octanol–water partition coefficient (Wildman–Crippen LogP) is 2.02. The average Bonchev–Trinajstić information content (AvgIpc) is 2.64. The predicted molar refractivity (Wildman–Crippen MR) is 66.4 cm³/mol. The summed E-state index contributed by atoms with van der Waals surface area (Å²) in [4.78, 5) is 16.5. The molecular formula is C13H16N2O2. The van der Waals surface area contributed by atoms with E-state index in [0.717, 1.165) is 16.6 Å². The topological polar surface area (TPSA) is 43.3 Å². The van der Waals surface area contributed by atoms with E-state index in [1.54, 1.807) is 0 Å². The fourth-order valence-corrected chi connectivity index (χ4v) is 1.89. The summed E-state index contributed by atoms with van der Waals surface area (Å²) < 4.78 is 1.98. The molecule has 2 rings (SSSR count). The van der Waals surface area contributed by atoms with Crippen molar-refractivity contribution in [2.24, 2.45) is 0 Å². The minimum absolute atomic E-state index is 0.142. The molecule has 0 saturated carbocycles. The lowest BCUT2D eigenvalue weighted by Crippen LogP contribution is -2.27. The summed E-state index contributed by atoms with van der Waals surface area (Å²) in [6.07, 6.45) is 0. The van der Waals surface area contributed by atoms with E-state index in [-0.39, 0.29) is 12.5 Å². The number of hydrogen-bond acceptors (Lipinski definition) is 2. The maximum atomic E-state index is 11.6. The summed E-state index contributed by atoms with van der Waals surface area (Å²) in [6.45, 7) is 4.57. The van der Waals surface area contributed by atoms with Gasteiger partial charge in [0.2, 0.25) is 0 Å². The first kappa shape index (κ1) is 11.7. The van der Waals surface area contributed by atoms with Crippen molar-refractivity contribution in [1.29, 1.82) is 0 Å². The Morgan fingerprint density at radius 2 is 2.18 bits per heavy atom. The number of hydrogen-bond donors (Lipinski definition) is 1. The molecule has 1 heterocycles. The molecule has 0 aliphatic carbocycles. The Hall–Kier alpha value is -1.81. The summed E-state index contributed by atoms with van der Waals surface area (Å²) in [7, 11) is 0. The second-order valence-electron chi connectivity index (χ2n) is 3.89. The van der Waals surface area contributed by atoms with Gasteiger partial charge in [0.25, 0.3) is 5.91 Å². The molecular weight excluding hydrogens is 216 g/mol. The van der Waals surface area contributed by atoms with E-state index in [2.05, 4.69) is 11.5 Å². The van der Waals surface area contributed by atoms with Crippen molar-refractivity contribution < 1.29 is 9.63 Å². The maximum absolute atomic E-state index is 11.6. The Kier molecular flexibility index (Phi) is 3.44. The third kappa shape index (κ3) is 2.47. The summed E-state index contributed by atoms with van der Waals surface area (Å²) >= 11 is 0. The summed E-state index contributed by atoms with van der Waals surface area (Å²) in [6, 6.07) is 10.1. The van der Waals surface area contributed by atoms with Crippen LogP contribution < -0.4 is 5.48 Å². The number of nitrogens with zero attached hydrogens (tertiary/aromatic N) is 1. The number of benzene rings is 1. The van der Waals surface area contributed by atoms with Crippen LogP contribution in [0.5, 0.6) is 0 Å². The smallest absolute Gasteiger partial charge is 0.263 e. The second kappa shape index (κ2) is 5.01. The standard InChI is InChI=1S/C13H16N2O2/c1-3-17-14-13(16)9-15-10(2)8-11-6-4-5-7-12(11)15/h4-8H,3,9H2,1-2H3,(H,14,16). The minimum atomic E-state index is -0.142. The molecule has 0 spiro atoms. The zero-order valence-corrected chi connectivity index (χ0v) is 10.1. The van der Waals surface area contributed by atoms with E-state index in [4.69, 9.17) is 4.84 Å². The van der Waals surface area contributed by atoms with E-state index >= 15 is 0 Å². The number of fused-ring (bicyclic) bond motifs is 1. The summed E-state index contributed by atoms with van der Waals surface area (Å²) in [5, 5.41) is 1.15. The van der Waals surface area contributed by atoms with E-state index in [0.29, 0.717) is 6.61 Å². The van der Waals surface area contributed by atoms with Crippen molar-refractivity contribution in [3.63, 3.8) is 0 Å².